The summed E-state index contributed by atoms with van der Waals surface area (Å²) in [6.07, 6.45) is 0. The average molecular weight is 592 g/mol. The number of anilines is 2. The molecule has 2 amide bonds. The van der Waals surface area contributed by atoms with Gasteiger partial charge in [-0.25, -0.2) is 0 Å². The van der Waals surface area contributed by atoms with Crippen molar-refractivity contribution in [3.63, 3.8) is 0 Å². The van der Waals surface area contributed by atoms with Gasteiger partial charge in [-0.1, -0.05) is 57.5 Å². The number of rotatable bonds is 8. The highest BCUT2D eigenvalue weighted by Crippen LogP contribution is 2.34. The number of benzene rings is 2. The molecule has 2 N–H and O–H groups in total. The molecule has 0 heterocycles. The third kappa shape index (κ3) is 7.35. The number of nitrogens with zero attached hydrogens (tertiary/aromatic N) is 3. The molecule has 0 aromatic heterocycles. The average Bonchev–Trinajstić information content (AvgIpc) is 2.77. The van der Waals surface area contributed by atoms with E-state index in [1.54, 1.807) is 31.1 Å². The van der Waals surface area contributed by atoms with Crippen LogP contribution >= 0.6 is 15.9 Å². The molecule has 0 spiro atoms. The van der Waals surface area contributed by atoms with Gasteiger partial charge >= 0.3 is 0 Å². The SMILES string of the molecule is CN(C)C(C(=O)Nc1cc([N+](=O)[O-])ccc1C(C)(C)C)C(Br)C(=O)Nc1cc([N+](=O)[O-])ccc1C(C)(C)C. The minimum absolute atomic E-state index is 0.178. The summed E-state index contributed by atoms with van der Waals surface area (Å²) in [7, 11) is 3.25. The molecule has 0 saturated carbocycles. The number of carbonyl (C=O) groups excluding carboxylic acids is 2. The lowest BCUT2D eigenvalue weighted by Gasteiger charge is -2.29. The fourth-order valence-electron chi connectivity index (χ4n) is 3.99. The third-order valence-corrected chi connectivity index (χ3v) is 6.83. The smallest absolute Gasteiger partial charge is 0.271 e. The van der Waals surface area contributed by atoms with E-state index in [4.69, 9.17) is 0 Å². The second-order valence-electron chi connectivity index (χ2n) is 11.3. The molecule has 0 aliphatic heterocycles. The van der Waals surface area contributed by atoms with Crippen LogP contribution < -0.4 is 10.6 Å². The molecular formula is C26H34BrN5O6. The monoisotopic (exact) mass is 591 g/mol. The molecule has 2 aromatic carbocycles. The molecule has 2 unspecified atom stereocenters. The van der Waals surface area contributed by atoms with E-state index in [2.05, 4.69) is 26.6 Å². The standard InChI is InChI=1S/C26H34BrN5O6/c1-25(2,3)17-11-9-15(31(35)36)13-19(17)28-23(33)21(27)22(30(7)8)24(34)29-20-14-16(32(37)38)10-12-18(20)26(4,5)6/h9-14,21-22H,1-8H3,(H,28,33)(H,29,34). The van der Waals surface area contributed by atoms with Crippen molar-refractivity contribution in [2.75, 3.05) is 24.7 Å². The summed E-state index contributed by atoms with van der Waals surface area (Å²) in [5.41, 5.74) is 0.713. The summed E-state index contributed by atoms with van der Waals surface area (Å²) in [5.74, 6) is -1.15. The summed E-state index contributed by atoms with van der Waals surface area (Å²) in [5, 5.41) is 28.2. The van der Waals surface area contributed by atoms with Crippen molar-refractivity contribution in [1.82, 2.24) is 4.90 Å². The van der Waals surface area contributed by atoms with Gasteiger partial charge in [0.25, 0.3) is 11.4 Å². The fraction of sp³-hybridized carbons (Fsp3) is 0.462. The summed E-state index contributed by atoms with van der Waals surface area (Å²) in [6, 6.07) is 7.53. The maximum Gasteiger partial charge on any atom is 0.271 e. The predicted octanol–water partition coefficient (Wildman–Crippen LogP) is 5.37. The normalized spacial score (nSPS) is 13.5. The van der Waals surface area contributed by atoms with Gasteiger partial charge in [-0.3, -0.25) is 34.7 Å². The molecule has 0 aliphatic rings. The van der Waals surface area contributed by atoms with Gasteiger partial charge in [-0.15, -0.1) is 0 Å². The van der Waals surface area contributed by atoms with Crippen molar-refractivity contribution >= 4 is 50.5 Å². The van der Waals surface area contributed by atoms with Gasteiger partial charge < -0.3 is 10.6 Å². The molecule has 2 atom stereocenters. The molecule has 206 valence electrons. The van der Waals surface area contributed by atoms with Gasteiger partial charge in [0.05, 0.1) is 21.2 Å². The number of nitrogens with one attached hydrogen (secondary N) is 2. The van der Waals surface area contributed by atoms with E-state index in [1.807, 2.05) is 41.5 Å². The lowest BCUT2D eigenvalue weighted by atomic mass is 9.85. The van der Waals surface area contributed by atoms with Crippen molar-refractivity contribution in [3.8, 4) is 0 Å². The Bertz CT molecular complexity index is 1250. The van der Waals surface area contributed by atoms with Crippen molar-refractivity contribution in [2.24, 2.45) is 0 Å². The van der Waals surface area contributed by atoms with Crippen LogP contribution in [0.5, 0.6) is 0 Å². The van der Waals surface area contributed by atoms with Crippen molar-refractivity contribution in [3.05, 3.63) is 67.8 Å². The lowest BCUT2D eigenvalue weighted by molar-refractivity contribution is -0.385. The lowest BCUT2D eigenvalue weighted by Crippen LogP contribution is -2.50. The maximum atomic E-state index is 13.5. The Hall–Kier alpha value is -3.38. The molecule has 0 aliphatic carbocycles. The van der Waals surface area contributed by atoms with Crippen molar-refractivity contribution in [2.45, 2.75) is 63.2 Å². The van der Waals surface area contributed by atoms with Crippen LogP contribution in [0, 0.1) is 20.2 Å². The van der Waals surface area contributed by atoms with Crippen LogP contribution in [0.3, 0.4) is 0 Å². The molecule has 0 saturated heterocycles. The van der Waals surface area contributed by atoms with E-state index >= 15 is 0 Å². The van der Waals surface area contributed by atoms with E-state index in [0.29, 0.717) is 11.1 Å². The largest absolute Gasteiger partial charge is 0.325 e. The summed E-state index contributed by atoms with van der Waals surface area (Å²) < 4.78 is 0. The second-order valence-corrected chi connectivity index (χ2v) is 12.2. The zero-order valence-electron chi connectivity index (χ0n) is 22.8. The molecule has 0 radical (unpaired) electrons. The van der Waals surface area contributed by atoms with Crippen LogP contribution in [-0.2, 0) is 20.4 Å². The number of non-ortho nitro benzene ring substituents is 2. The minimum Gasteiger partial charge on any atom is -0.325 e. The second kappa shape index (κ2) is 11.6. The number of hydrogen-bond acceptors (Lipinski definition) is 7. The highest BCUT2D eigenvalue weighted by molar-refractivity contribution is 9.10. The molecule has 0 fully saturated rings. The topological polar surface area (TPSA) is 148 Å². The van der Waals surface area contributed by atoms with E-state index in [9.17, 15) is 29.8 Å². The Morgan fingerprint density at radius 2 is 1.16 bits per heavy atom. The Kier molecular flexibility index (Phi) is 9.39. The van der Waals surface area contributed by atoms with E-state index < -0.39 is 43.4 Å². The maximum absolute atomic E-state index is 13.5. The number of carbonyl (C=O) groups is 2. The Morgan fingerprint density at radius 3 is 1.47 bits per heavy atom. The molecule has 2 aromatic rings. The summed E-state index contributed by atoms with van der Waals surface area (Å²) >= 11 is 3.34. The fourth-order valence-corrected chi connectivity index (χ4v) is 4.81. The van der Waals surface area contributed by atoms with Gasteiger partial charge in [0, 0.05) is 24.3 Å². The van der Waals surface area contributed by atoms with Crippen molar-refractivity contribution < 1.29 is 19.4 Å². The Morgan fingerprint density at radius 1 is 0.789 bits per heavy atom. The summed E-state index contributed by atoms with van der Waals surface area (Å²) in [4.78, 5) is 48.9. The van der Waals surface area contributed by atoms with Crippen LogP contribution in [0.4, 0.5) is 22.7 Å². The van der Waals surface area contributed by atoms with E-state index in [1.165, 1.54) is 24.3 Å². The molecule has 2 rings (SSSR count). The zero-order valence-corrected chi connectivity index (χ0v) is 24.4. The predicted molar refractivity (Wildman–Crippen MR) is 151 cm³/mol. The van der Waals surface area contributed by atoms with Crippen LogP contribution in [0.25, 0.3) is 0 Å². The molecule has 11 nitrogen and oxygen atoms in total. The molecule has 12 heteroatoms. The highest BCUT2D eigenvalue weighted by atomic mass is 79.9. The Labute approximate surface area is 230 Å². The van der Waals surface area contributed by atoms with Gasteiger partial charge in [0.2, 0.25) is 11.8 Å². The summed E-state index contributed by atoms with van der Waals surface area (Å²) in [6.45, 7) is 11.5. The zero-order chi connectivity index (χ0) is 29.2. The number of nitro benzene ring substituents is 2. The van der Waals surface area contributed by atoms with Gasteiger partial charge in [-0.2, -0.15) is 0 Å². The Balaban J connectivity index is 2.42. The third-order valence-electron chi connectivity index (χ3n) is 5.91. The van der Waals surface area contributed by atoms with Crippen LogP contribution in [0.1, 0.15) is 52.7 Å². The first-order valence-electron chi connectivity index (χ1n) is 11.8. The van der Waals surface area contributed by atoms with Crippen LogP contribution in [0.15, 0.2) is 36.4 Å². The number of halogens is 1. The first kappa shape index (κ1) is 30.8. The quantitative estimate of drug-likeness (QED) is 0.238. The van der Waals surface area contributed by atoms with Crippen LogP contribution in [-0.4, -0.2) is 51.5 Å². The number of likely N-dealkylation sites (N-methyl/N-ethyl adjacent to an activating group) is 1. The minimum atomic E-state index is -1.07. The number of nitro groups is 2. The molecule has 38 heavy (non-hydrogen) atoms. The molecular weight excluding hydrogens is 558 g/mol. The van der Waals surface area contributed by atoms with Gasteiger partial charge in [0.1, 0.15) is 10.9 Å². The van der Waals surface area contributed by atoms with Gasteiger partial charge in [0.15, 0.2) is 0 Å². The highest BCUT2D eigenvalue weighted by Gasteiger charge is 2.35. The van der Waals surface area contributed by atoms with Crippen LogP contribution in [0.2, 0.25) is 0 Å². The van der Waals surface area contributed by atoms with E-state index in [-0.39, 0.29) is 22.7 Å². The number of alkyl halides is 1. The molecule has 0 bridgehead atoms. The first-order valence-corrected chi connectivity index (χ1v) is 12.8. The van der Waals surface area contributed by atoms with Gasteiger partial charge in [-0.05, 0) is 48.2 Å². The first-order chi connectivity index (χ1) is 17.3. The van der Waals surface area contributed by atoms with E-state index in [0.717, 1.165) is 0 Å². The number of amides is 2. The number of hydrogen-bond donors (Lipinski definition) is 2. The van der Waals surface area contributed by atoms with Crippen molar-refractivity contribution in [1.29, 1.82) is 0 Å².